The molecular weight excluding hydrogens is 235 g/mol. The lowest BCUT2D eigenvalue weighted by atomic mass is 9.76. The van der Waals surface area contributed by atoms with E-state index in [0.29, 0.717) is 0 Å². The van der Waals surface area contributed by atoms with E-state index in [9.17, 15) is 9.18 Å². The molecule has 4 heteroatoms. The number of rotatable bonds is 5. The van der Waals surface area contributed by atoms with Crippen LogP contribution < -0.4 is 4.74 Å². The van der Waals surface area contributed by atoms with Crippen LogP contribution in [0.3, 0.4) is 0 Å². The second kappa shape index (κ2) is 5.06. The molecule has 0 unspecified atom stereocenters. The van der Waals surface area contributed by atoms with Crippen molar-refractivity contribution in [2.75, 3.05) is 14.2 Å². The third kappa shape index (κ3) is 2.25. The molecular formula is C14H17FO3. The molecule has 0 bridgehead atoms. The summed E-state index contributed by atoms with van der Waals surface area (Å²) in [5.74, 6) is -0.718. The van der Waals surface area contributed by atoms with Crippen LogP contribution in [0.1, 0.15) is 36.0 Å². The molecule has 0 saturated heterocycles. The fourth-order valence-electron chi connectivity index (χ4n) is 2.30. The number of carbonyl (C=O) groups is 1. The summed E-state index contributed by atoms with van der Waals surface area (Å²) >= 11 is 0. The van der Waals surface area contributed by atoms with Crippen molar-refractivity contribution in [3.8, 4) is 5.75 Å². The molecule has 1 aromatic rings. The van der Waals surface area contributed by atoms with E-state index in [4.69, 9.17) is 9.47 Å². The molecule has 1 aliphatic rings. The molecule has 0 N–H and O–H groups in total. The third-order valence-corrected chi connectivity index (χ3v) is 3.66. The average Bonchev–Trinajstić information content (AvgIpc) is 2.34. The minimum Gasteiger partial charge on any atom is -0.494 e. The van der Waals surface area contributed by atoms with Gasteiger partial charge in [0, 0.05) is 13.5 Å². The molecule has 18 heavy (non-hydrogen) atoms. The highest BCUT2D eigenvalue weighted by atomic mass is 19.1. The second-order valence-corrected chi connectivity index (χ2v) is 4.66. The minimum absolute atomic E-state index is 0.0812. The van der Waals surface area contributed by atoms with Gasteiger partial charge < -0.3 is 9.47 Å². The molecule has 0 heterocycles. The molecule has 0 aliphatic heterocycles. The normalized spacial score (nSPS) is 17.1. The zero-order chi connectivity index (χ0) is 13.2. The number of carbonyl (C=O) groups excluding carboxylic acids is 1. The lowest BCUT2D eigenvalue weighted by Gasteiger charge is -2.40. The molecule has 0 aromatic heterocycles. The Morgan fingerprint density at radius 2 is 2.11 bits per heavy atom. The molecule has 0 atom stereocenters. The number of ether oxygens (including phenoxy) is 2. The highest BCUT2D eigenvalue weighted by molar-refractivity contribution is 5.97. The van der Waals surface area contributed by atoms with E-state index in [1.807, 2.05) is 0 Å². The second-order valence-electron chi connectivity index (χ2n) is 4.66. The molecule has 3 nitrogen and oxygen atoms in total. The highest BCUT2D eigenvalue weighted by Gasteiger charge is 2.39. The van der Waals surface area contributed by atoms with Crippen LogP contribution in [0.4, 0.5) is 4.39 Å². The molecule has 1 fully saturated rings. The predicted molar refractivity (Wildman–Crippen MR) is 65.5 cm³/mol. The van der Waals surface area contributed by atoms with Crippen molar-refractivity contribution in [1.29, 1.82) is 0 Å². The van der Waals surface area contributed by atoms with Crippen molar-refractivity contribution in [2.24, 2.45) is 0 Å². The highest BCUT2D eigenvalue weighted by Crippen LogP contribution is 2.39. The van der Waals surface area contributed by atoms with Crippen molar-refractivity contribution in [3.63, 3.8) is 0 Å². The Morgan fingerprint density at radius 1 is 1.39 bits per heavy atom. The maximum absolute atomic E-state index is 13.9. The van der Waals surface area contributed by atoms with E-state index in [1.165, 1.54) is 19.2 Å². The van der Waals surface area contributed by atoms with Crippen molar-refractivity contribution in [3.05, 3.63) is 29.6 Å². The van der Waals surface area contributed by atoms with Crippen LogP contribution in [-0.4, -0.2) is 25.6 Å². The topological polar surface area (TPSA) is 35.5 Å². The summed E-state index contributed by atoms with van der Waals surface area (Å²) in [4.78, 5) is 12.1. The Bertz CT molecular complexity index is 447. The SMILES string of the molecule is COc1cccc(C(=O)CC2(OC)CCC2)c1F. The molecule has 1 aliphatic carbocycles. The molecule has 2 rings (SSSR count). The Kier molecular flexibility index (Phi) is 3.66. The maximum atomic E-state index is 13.9. The van der Waals surface area contributed by atoms with Gasteiger partial charge in [-0.1, -0.05) is 6.07 Å². The van der Waals surface area contributed by atoms with Crippen LogP contribution in [0.15, 0.2) is 18.2 Å². The standard InChI is InChI=1S/C14H17FO3/c1-17-12-6-3-5-10(13(12)15)11(16)9-14(18-2)7-4-8-14/h3,5-6H,4,7-9H2,1-2H3. The number of ketones is 1. The first-order valence-electron chi connectivity index (χ1n) is 6.03. The predicted octanol–water partition coefficient (Wildman–Crippen LogP) is 2.98. The van der Waals surface area contributed by atoms with E-state index in [-0.39, 0.29) is 29.1 Å². The molecule has 0 spiro atoms. The zero-order valence-corrected chi connectivity index (χ0v) is 10.7. The lowest BCUT2D eigenvalue weighted by Crippen LogP contribution is -2.41. The number of hydrogen-bond acceptors (Lipinski definition) is 3. The summed E-state index contributed by atoms with van der Waals surface area (Å²) < 4.78 is 24.2. The van der Waals surface area contributed by atoms with Gasteiger partial charge in [0.1, 0.15) is 0 Å². The van der Waals surface area contributed by atoms with Crippen LogP contribution in [-0.2, 0) is 4.74 Å². The summed E-state index contributed by atoms with van der Waals surface area (Å²) in [6.45, 7) is 0. The van der Waals surface area contributed by atoms with Gasteiger partial charge in [-0.3, -0.25) is 4.79 Å². The van der Waals surface area contributed by atoms with Crippen molar-refractivity contribution < 1.29 is 18.7 Å². The number of benzene rings is 1. The summed E-state index contributed by atoms with van der Waals surface area (Å²) in [5, 5.41) is 0. The van der Waals surface area contributed by atoms with E-state index in [2.05, 4.69) is 0 Å². The Morgan fingerprint density at radius 3 is 2.61 bits per heavy atom. The van der Waals surface area contributed by atoms with E-state index in [1.54, 1.807) is 13.2 Å². The fraction of sp³-hybridized carbons (Fsp3) is 0.500. The summed E-state index contributed by atoms with van der Waals surface area (Å²) in [6, 6.07) is 4.61. The quantitative estimate of drug-likeness (QED) is 0.756. The average molecular weight is 252 g/mol. The number of methoxy groups -OCH3 is 2. The van der Waals surface area contributed by atoms with Gasteiger partial charge in [0.2, 0.25) is 0 Å². The molecule has 0 amide bonds. The lowest BCUT2D eigenvalue weighted by molar-refractivity contribution is -0.0705. The first-order valence-corrected chi connectivity index (χ1v) is 6.03. The van der Waals surface area contributed by atoms with Crippen LogP contribution in [0, 0.1) is 5.82 Å². The first-order chi connectivity index (χ1) is 8.62. The van der Waals surface area contributed by atoms with Gasteiger partial charge in [0.05, 0.1) is 18.3 Å². The van der Waals surface area contributed by atoms with Gasteiger partial charge in [-0.05, 0) is 31.4 Å². The molecule has 1 aromatic carbocycles. The van der Waals surface area contributed by atoms with Crippen LogP contribution in [0.2, 0.25) is 0 Å². The van der Waals surface area contributed by atoms with Crippen LogP contribution in [0.25, 0.3) is 0 Å². The van der Waals surface area contributed by atoms with Crippen molar-refractivity contribution >= 4 is 5.78 Å². The van der Waals surface area contributed by atoms with Gasteiger partial charge in [-0.15, -0.1) is 0 Å². The Hall–Kier alpha value is -1.42. The van der Waals surface area contributed by atoms with Gasteiger partial charge in [0.15, 0.2) is 17.3 Å². The summed E-state index contributed by atoms with van der Waals surface area (Å²) in [7, 11) is 2.99. The van der Waals surface area contributed by atoms with E-state index >= 15 is 0 Å². The van der Waals surface area contributed by atoms with E-state index in [0.717, 1.165) is 19.3 Å². The fourth-order valence-corrected chi connectivity index (χ4v) is 2.30. The minimum atomic E-state index is -0.587. The first kappa shape index (κ1) is 13.0. The summed E-state index contributed by atoms with van der Waals surface area (Å²) in [5.41, 5.74) is -0.301. The smallest absolute Gasteiger partial charge is 0.175 e. The molecule has 1 saturated carbocycles. The van der Waals surface area contributed by atoms with Gasteiger partial charge in [-0.2, -0.15) is 0 Å². The zero-order valence-electron chi connectivity index (χ0n) is 10.7. The van der Waals surface area contributed by atoms with Crippen LogP contribution >= 0.6 is 0 Å². The van der Waals surface area contributed by atoms with Crippen LogP contribution in [0.5, 0.6) is 5.75 Å². The van der Waals surface area contributed by atoms with Gasteiger partial charge in [0.25, 0.3) is 0 Å². The Balaban J connectivity index is 2.19. The van der Waals surface area contributed by atoms with Crippen molar-refractivity contribution in [2.45, 2.75) is 31.3 Å². The molecule has 0 radical (unpaired) electrons. The monoisotopic (exact) mass is 252 g/mol. The number of halogens is 1. The number of hydrogen-bond donors (Lipinski definition) is 0. The van der Waals surface area contributed by atoms with Gasteiger partial charge >= 0.3 is 0 Å². The van der Waals surface area contributed by atoms with Gasteiger partial charge in [-0.25, -0.2) is 4.39 Å². The number of Topliss-reactive ketones (excluding diaryl/α,β-unsaturated/α-hetero) is 1. The third-order valence-electron chi connectivity index (χ3n) is 3.66. The van der Waals surface area contributed by atoms with E-state index < -0.39 is 5.82 Å². The largest absolute Gasteiger partial charge is 0.494 e. The Labute approximate surface area is 106 Å². The maximum Gasteiger partial charge on any atom is 0.175 e. The summed E-state index contributed by atoms with van der Waals surface area (Å²) in [6.07, 6.45) is 3.01. The van der Waals surface area contributed by atoms with Crippen molar-refractivity contribution in [1.82, 2.24) is 0 Å². The molecule has 98 valence electrons.